The zero-order valence-corrected chi connectivity index (χ0v) is 11.7. The Balaban J connectivity index is 1.93. The fraction of sp³-hybridized carbons (Fsp3) is 0.917. The number of carboxylic acids is 1. The van der Waals surface area contributed by atoms with Crippen molar-refractivity contribution in [2.45, 2.75) is 49.8 Å². The van der Waals surface area contributed by atoms with Crippen molar-refractivity contribution in [1.29, 1.82) is 0 Å². The molecular weight excluding hydrogens is 270 g/mol. The fourth-order valence-corrected chi connectivity index (χ4v) is 4.52. The summed E-state index contributed by atoms with van der Waals surface area (Å²) in [5.74, 6) is -1.24. The third-order valence-electron chi connectivity index (χ3n) is 3.96. The first-order chi connectivity index (χ1) is 8.99. The number of sulfonamides is 1. The lowest BCUT2D eigenvalue weighted by Gasteiger charge is -2.30. The average molecular weight is 291 g/mol. The third kappa shape index (κ3) is 3.90. The molecule has 2 N–H and O–H groups in total. The number of nitrogens with one attached hydrogen (secondary N) is 1. The van der Waals surface area contributed by atoms with E-state index in [1.807, 2.05) is 0 Å². The first-order valence-corrected chi connectivity index (χ1v) is 8.35. The summed E-state index contributed by atoms with van der Waals surface area (Å²) >= 11 is 0. The fourth-order valence-electron chi connectivity index (χ4n) is 2.84. The molecule has 2 aliphatic rings. The zero-order valence-electron chi connectivity index (χ0n) is 10.9. The van der Waals surface area contributed by atoms with Gasteiger partial charge in [0.2, 0.25) is 10.0 Å². The lowest BCUT2D eigenvalue weighted by molar-refractivity contribution is -0.143. The van der Waals surface area contributed by atoms with Gasteiger partial charge in [-0.3, -0.25) is 4.79 Å². The summed E-state index contributed by atoms with van der Waals surface area (Å²) in [6, 6.07) is -0.234. The van der Waals surface area contributed by atoms with Gasteiger partial charge < -0.3 is 9.84 Å². The highest BCUT2D eigenvalue weighted by molar-refractivity contribution is 7.90. The van der Waals surface area contributed by atoms with Crippen LogP contribution in [0.15, 0.2) is 0 Å². The molecule has 0 aromatic heterocycles. The Bertz CT molecular complexity index is 416. The van der Waals surface area contributed by atoms with Crippen LogP contribution >= 0.6 is 0 Å². The number of hydrogen-bond donors (Lipinski definition) is 2. The number of ether oxygens (including phenoxy) is 1. The molecule has 6 nitrogen and oxygen atoms in total. The lowest BCUT2D eigenvalue weighted by atomic mass is 9.86. The van der Waals surface area contributed by atoms with Crippen LogP contribution in [-0.2, 0) is 19.6 Å². The van der Waals surface area contributed by atoms with Gasteiger partial charge in [0, 0.05) is 19.3 Å². The van der Waals surface area contributed by atoms with E-state index in [-0.39, 0.29) is 6.04 Å². The van der Waals surface area contributed by atoms with E-state index in [1.54, 1.807) is 0 Å². The van der Waals surface area contributed by atoms with Crippen LogP contribution in [0.2, 0.25) is 0 Å². The largest absolute Gasteiger partial charge is 0.481 e. The van der Waals surface area contributed by atoms with E-state index in [0.717, 1.165) is 12.8 Å². The minimum atomic E-state index is -3.36. The normalized spacial score (nSPS) is 30.1. The van der Waals surface area contributed by atoms with Crippen LogP contribution in [0.25, 0.3) is 0 Å². The molecule has 2 atom stereocenters. The number of aliphatic carboxylic acids is 1. The van der Waals surface area contributed by atoms with Crippen molar-refractivity contribution >= 4 is 16.0 Å². The maximum atomic E-state index is 12.2. The Hall–Kier alpha value is -0.660. The van der Waals surface area contributed by atoms with Crippen molar-refractivity contribution in [1.82, 2.24) is 4.72 Å². The molecule has 0 bridgehead atoms. The Morgan fingerprint density at radius 1 is 1.16 bits per heavy atom. The minimum Gasteiger partial charge on any atom is -0.481 e. The van der Waals surface area contributed by atoms with Crippen LogP contribution in [0.1, 0.15) is 38.5 Å². The van der Waals surface area contributed by atoms with E-state index < -0.39 is 27.2 Å². The van der Waals surface area contributed by atoms with Crippen LogP contribution in [0.5, 0.6) is 0 Å². The van der Waals surface area contributed by atoms with Gasteiger partial charge in [0.25, 0.3) is 0 Å². The van der Waals surface area contributed by atoms with Crippen molar-refractivity contribution in [2.24, 2.45) is 5.92 Å². The molecule has 1 aliphatic heterocycles. The number of hydrogen-bond acceptors (Lipinski definition) is 4. The van der Waals surface area contributed by atoms with Gasteiger partial charge in [-0.15, -0.1) is 0 Å². The summed E-state index contributed by atoms with van der Waals surface area (Å²) in [5, 5.41) is 8.61. The van der Waals surface area contributed by atoms with Crippen molar-refractivity contribution in [3.63, 3.8) is 0 Å². The highest BCUT2D eigenvalue weighted by Crippen LogP contribution is 2.26. The molecule has 7 heteroatoms. The summed E-state index contributed by atoms with van der Waals surface area (Å²) in [4.78, 5) is 11.0. The SMILES string of the molecule is O=C(O)C1CCCC(NS(=O)(=O)C2CCOCC2)C1. The first-order valence-electron chi connectivity index (χ1n) is 6.81. The van der Waals surface area contributed by atoms with Crippen LogP contribution in [-0.4, -0.2) is 44.0 Å². The number of carboxylic acid groups (broad SMARTS) is 1. The molecule has 0 aromatic rings. The van der Waals surface area contributed by atoms with Crippen LogP contribution in [0, 0.1) is 5.92 Å². The summed E-state index contributed by atoms with van der Waals surface area (Å²) in [6.07, 6.45) is 3.57. The standard InChI is InChI=1S/C12H21NO5S/c14-12(15)9-2-1-3-10(8-9)13-19(16,17)11-4-6-18-7-5-11/h9-11,13H,1-8H2,(H,14,15). The Morgan fingerprint density at radius 3 is 2.47 bits per heavy atom. The van der Waals surface area contributed by atoms with Gasteiger partial charge in [0.1, 0.15) is 0 Å². The van der Waals surface area contributed by atoms with Gasteiger partial charge in [-0.1, -0.05) is 6.42 Å². The summed E-state index contributed by atoms with van der Waals surface area (Å²) in [6.45, 7) is 0.960. The second-order valence-corrected chi connectivity index (χ2v) is 7.37. The molecule has 110 valence electrons. The Kier molecular flexibility index (Phi) is 4.81. The molecule has 1 heterocycles. The molecule has 19 heavy (non-hydrogen) atoms. The van der Waals surface area contributed by atoms with Gasteiger partial charge in [-0.2, -0.15) is 0 Å². The lowest BCUT2D eigenvalue weighted by Crippen LogP contribution is -2.45. The molecule has 0 aromatic carbocycles. The van der Waals surface area contributed by atoms with Crippen LogP contribution < -0.4 is 4.72 Å². The quantitative estimate of drug-likeness (QED) is 0.796. The average Bonchev–Trinajstić information content (AvgIpc) is 2.39. The molecule has 1 saturated carbocycles. The van der Waals surface area contributed by atoms with Gasteiger partial charge >= 0.3 is 5.97 Å². The molecule has 0 spiro atoms. The molecule has 1 aliphatic carbocycles. The zero-order chi connectivity index (χ0) is 13.9. The third-order valence-corrected chi connectivity index (χ3v) is 5.97. The van der Waals surface area contributed by atoms with E-state index in [0.29, 0.717) is 38.9 Å². The number of carbonyl (C=O) groups is 1. The van der Waals surface area contributed by atoms with Gasteiger partial charge in [-0.05, 0) is 32.1 Å². The predicted octanol–water partition coefficient (Wildman–Crippen LogP) is 0.728. The molecule has 2 unspecified atom stereocenters. The maximum absolute atomic E-state index is 12.2. The Morgan fingerprint density at radius 2 is 1.84 bits per heavy atom. The van der Waals surface area contributed by atoms with E-state index in [1.165, 1.54) is 0 Å². The molecule has 2 fully saturated rings. The van der Waals surface area contributed by atoms with E-state index in [9.17, 15) is 13.2 Å². The van der Waals surface area contributed by atoms with E-state index >= 15 is 0 Å². The van der Waals surface area contributed by atoms with Crippen LogP contribution in [0.4, 0.5) is 0 Å². The van der Waals surface area contributed by atoms with Crippen molar-refractivity contribution in [3.05, 3.63) is 0 Å². The first kappa shape index (κ1) is 14.7. The Labute approximate surface area is 113 Å². The van der Waals surface area contributed by atoms with Crippen molar-refractivity contribution in [3.8, 4) is 0 Å². The summed E-state index contributed by atoms with van der Waals surface area (Å²) in [5.41, 5.74) is 0. The number of rotatable bonds is 4. The van der Waals surface area contributed by atoms with Crippen molar-refractivity contribution < 1.29 is 23.1 Å². The molecule has 0 amide bonds. The summed E-state index contributed by atoms with van der Waals surface area (Å²) in [7, 11) is -3.36. The maximum Gasteiger partial charge on any atom is 0.306 e. The monoisotopic (exact) mass is 291 g/mol. The topological polar surface area (TPSA) is 92.7 Å². The van der Waals surface area contributed by atoms with Crippen LogP contribution in [0.3, 0.4) is 0 Å². The molecule has 1 saturated heterocycles. The summed E-state index contributed by atoms with van der Waals surface area (Å²) < 4.78 is 32.3. The van der Waals surface area contributed by atoms with Gasteiger partial charge in [-0.25, -0.2) is 13.1 Å². The minimum absolute atomic E-state index is 0.234. The smallest absolute Gasteiger partial charge is 0.306 e. The van der Waals surface area contributed by atoms with E-state index in [2.05, 4.69) is 4.72 Å². The highest BCUT2D eigenvalue weighted by atomic mass is 32.2. The second-order valence-electron chi connectivity index (χ2n) is 5.37. The van der Waals surface area contributed by atoms with E-state index in [4.69, 9.17) is 9.84 Å². The molecule has 0 radical (unpaired) electrons. The van der Waals surface area contributed by atoms with Gasteiger partial charge in [0.05, 0.1) is 11.2 Å². The van der Waals surface area contributed by atoms with Gasteiger partial charge in [0.15, 0.2) is 0 Å². The molecular formula is C12H21NO5S. The highest BCUT2D eigenvalue weighted by Gasteiger charge is 2.33. The predicted molar refractivity (Wildman–Crippen MR) is 69.3 cm³/mol. The van der Waals surface area contributed by atoms with Crippen molar-refractivity contribution in [2.75, 3.05) is 13.2 Å². The molecule has 2 rings (SSSR count). The second kappa shape index (κ2) is 6.19.